The number of rotatable bonds is 7. The van der Waals surface area contributed by atoms with Crippen LogP contribution in [-0.4, -0.2) is 20.0 Å². The van der Waals surface area contributed by atoms with E-state index in [-0.39, 0.29) is 22.3 Å². The van der Waals surface area contributed by atoms with Gasteiger partial charge in [-0.05, 0) is 29.2 Å². The third-order valence-corrected chi connectivity index (χ3v) is 6.71. The van der Waals surface area contributed by atoms with Gasteiger partial charge in [-0.3, -0.25) is 4.79 Å². The monoisotopic (exact) mass is 392 g/mol. The lowest BCUT2D eigenvalue weighted by Crippen LogP contribution is -2.28. The van der Waals surface area contributed by atoms with Crippen molar-refractivity contribution in [1.82, 2.24) is 0 Å². The molecule has 0 saturated heterocycles. The van der Waals surface area contributed by atoms with Gasteiger partial charge in [0.2, 0.25) is 0 Å². The molecule has 0 radical (unpaired) electrons. The Hall–Kier alpha value is -2.72. The summed E-state index contributed by atoms with van der Waals surface area (Å²) in [5, 5.41) is 0. The summed E-state index contributed by atoms with van der Waals surface area (Å²) in [4.78, 5) is 13.1. The van der Waals surface area contributed by atoms with E-state index in [2.05, 4.69) is 0 Å². The van der Waals surface area contributed by atoms with Crippen LogP contribution in [0.25, 0.3) is 11.1 Å². The SMILES string of the molecule is CC(C)C(CS(=O)(=O)c1ccc(-c2ccccc2)cc1)C(=O)c1ccccc1. The number of hydrogen-bond donors (Lipinski definition) is 0. The van der Waals surface area contributed by atoms with Gasteiger partial charge in [0.25, 0.3) is 0 Å². The normalized spacial score (nSPS) is 12.7. The molecule has 0 spiro atoms. The van der Waals surface area contributed by atoms with Gasteiger partial charge in [0.05, 0.1) is 10.6 Å². The maximum Gasteiger partial charge on any atom is 0.179 e. The van der Waals surface area contributed by atoms with Crippen LogP contribution in [0.4, 0.5) is 0 Å². The van der Waals surface area contributed by atoms with Crippen molar-refractivity contribution in [2.45, 2.75) is 18.7 Å². The van der Waals surface area contributed by atoms with E-state index in [0.717, 1.165) is 11.1 Å². The van der Waals surface area contributed by atoms with Crippen LogP contribution in [-0.2, 0) is 9.84 Å². The first-order valence-corrected chi connectivity index (χ1v) is 11.0. The fourth-order valence-corrected chi connectivity index (χ4v) is 4.96. The summed E-state index contributed by atoms with van der Waals surface area (Å²) >= 11 is 0. The Morgan fingerprint density at radius 1 is 0.750 bits per heavy atom. The predicted molar refractivity (Wildman–Crippen MR) is 113 cm³/mol. The number of sulfone groups is 1. The fourth-order valence-electron chi connectivity index (χ4n) is 3.21. The molecule has 0 aliphatic heterocycles. The summed E-state index contributed by atoms with van der Waals surface area (Å²) in [5.74, 6) is -0.976. The van der Waals surface area contributed by atoms with E-state index in [1.165, 1.54) is 0 Å². The molecule has 3 rings (SSSR count). The van der Waals surface area contributed by atoms with E-state index in [1.54, 1.807) is 36.4 Å². The molecule has 0 aliphatic carbocycles. The number of carbonyl (C=O) groups is 1. The maximum atomic E-state index is 13.0. The van der Waals surface area contributed by atoms with Crippen molar-refractivity contribution in [3.8, 4) is 11.1 Å². The van der Waals surface area contributed by atoms with Crippen LogP contribution in [0.5, 0.6) is 0 Å². The molecule has 0 aliphatic rings. The average Bonchev–Trinajstić information content (AvgIpc) is 2.73. The van der Waals surface area contributed by atoms with Gasteiger partial charge in [-0.2, -0.15) is 0 Å². The minimum Gasteiger partial charge on any atom is -0.294 e. The zero-order chi connectivity index (χ0) is 20.1. The average molecular weight is 393 g/mol. The molecule has 0 N–H and O–H groups in total. The summed E-state index contributed by atoms with van der Waals surface area (Å²) in [6.07, 6.45) is 0. The van der Waals surface area contributed by atoms with Crippen LogP contribution in [0.2, 0.25) is 0 Å². The second kappa shape index (κ2) is 8.53. The lowest BCUT2D eigenvalue weighted by Gasteiger charge is -2.20. The van der Waals surface area contributed by atoms with Crippen LogP contribution < -0.4 is 0 Å². The zero-order valence-electron chi connectivity index (χ0n) is 16.1. The summed E-state index contributed by atoms with van der Waals surface area (Å²) in [7, 11) is -3.58. The molecule has 3 aromatic carbocycles. The molecular formula is C24H24O3S. The summed E-state index contributed by atoms with van der Waals surface area (Å²) in [6.45, 7) is 3.78. The third-order valence-electron chi connectivity index (χ3n) is 4.92. The lowest BCUT2D eigenvalue weighted by atomic mass is 9.89. The van der Waals surface area contributed by atoms with E-state index >= 15 is 0 Å². The van der Waals surface area contributed by atoms with Gasteiger partial charge >= 0.3 is 0 Å². The molecular weight excluding hydrogens is 368 g/mol. The Balaban J connectivity index is 1.84. The minimum atomic E-state index is -3.58. The smallest absolute Gasteiger partial charge is 0.179 e. The molecule has 144 valence electrons. The van der Waals surface area contributed by atoms with Crippen molar-refractivity contribution in [3.63, 3.8) is 0 Å². The van der Waals surface area contributed by atoms with Crippen molar-refractivity contribution in [1.29, 1.82) is 0 Å². The van der Waals surface area contributed by atoms with E-state index in [9.17, 15) is 13.2 Å². The van der Waals surface area contributed by atoms with Gasteiger partial charge in [-0.25, -0.2) is 8.42 Å². The van der Waals surface area contributed by atoms with Gasteiger partial charge in [-0.1, -0.05) is 86.6 Å². The molecule has 0 saturated carbocycles. The Morgan fingerprint density at radius 2 is 1.25 bits per heavy atom. The molecule has 1 atom stereocenters. The standard InChI is InChI=1S/C24H24O3S/c1-18(2)23(24(25)21-11-7-4-8-12-21)17-28(26,27)22-15-13-20(14-16-22)19-9-5-3-6-10-19/h3-16,18,23H,17H2,1-2H3. The Labute approximate surface area is 167 Å². The highest BCUT2D eigenvalue weighted by Gasteiger charge is 2.30. The number of hydrogen-bond acceptors (Lipinski definition) is 3. The van der Waals surface area contributed by atoms with Crippen molar-refractivity contribution in [2.75, 3.05) is 5.75 Å². The Morgan fingerprint density at radius 3 is 1.79 bits per heavy atom. The summed E-state index contributed by atoms with van der Waals surface area (Å²) in [5.41, 5.74) is 2.54. The summed E-state index contributed by atoms with van der Waals surface area (Å²) < 4.78 is 26.0. The van der Waals surface area contributed by atoms with Crippen LogP contribution in [0, 0.1) is 11.8 Å². The van der Waals surface area contributed by atoms with Crippen molar-refractivity contribution >= 4 is 15.6 Å². The van der Waals surface area contributed by atoms with Crippen molar-refractivity contribution < 1.29 is 13.2 Å². The highest BCUT2D eigenvalue weighted by molar-refractivity contribution is 7.91. The zero-order valence-corrected chi connectivity index (χ0v) is 16.9. The number of carbonyl (C=O) groups excluding carboxylic acids is 1. The van der Waals surface area contributed by atoms with Gasteiger partial charge in [0.1, 0.15) is 0 Å². The van der Waals surface area contributed by atoms with Crippen molar-refractivity contribution in [2.24, 2.45) is 11.8 Å². The van der Waals surface area contributed by atoms with Crippen LogP contribution in [0.15, 0.2) is 89.8 Å². The first-order chi connectivity index (χ1) is 13.4. The van der Waals surface area contributed by atoms with Gasteiger partial charge in [0.15, 0.2) is 15.6 Å². The second-order valence-corrected chi connectivity index (χ2v) is 9.29. The Bertz CT molecular complexity index is 1020. The maximum absolute atomic E-state index is 13.0. The molecule has 0 heterocycles. The predicted octanol–water partition coefficient (Wildman–Crippen LogP) is 5.28. The number of Topliss-reactive ketones (excluding diaryl/α,β-unsaturated/α-hetero) is 1. The van der Waals surface area contributed by atoms with E-state index in [0.29, 0.717) is 5.56 Å². The van der Waals surface area contributed by atoms with Gasteiger partial charge in [-0.15, -0.1) is 0 Å². The largest absolute Gasteiger partial charge is 0.294 e. The second-order valence-electron chi connectivity index (χ2n) is 7.25. The van der Waals surface area contributed by atoms with Crippen LogP contribution >= 0.6 is 0 Å². The lowest BCUT2D eigenvalue weighted by molar-refractivity contribution is 0.0901. The Kier molecular flexibility index (Phi) is 6.10. The van der Waals surface area contributed by atoms with Crippen LogP contribution in [0.3, 0.4) is 0 Å². The topological polar surface area (TPSA) is 51.2 Å². The molecule has 0 bridgehead atoms. The molecule has 0 fully saturated rings. The summed E-state index contributed by atoms with van der Waals surface area (Å²) in [6, 6.07) is 25.6. The minimum absolute atomic E-state index is 0.0777. The fraction of sp³-hybridized carbons (Fsp3) is 0.208. The molecule has 3 aromatic rings. The highest BCUT2D eigenvalue weighted by atomic mass is 32.2. The molecule has 4 heteroatoms. The number of ketones is 1. The molecule has 0 aromatic heterocycles. The quantitative estimate of drug-likeness (QED) is 0.514. The first-order valence-electron chi connectivity index (χ1n) is 9.36. The van der Waals surface area contributed by atoms with Crippen molar-refractivity contribution in [3.05, 3.63) is 90.5 Å². The molecule has 28 heavy (non-hydrogen) atoms. The highest BCUT2D eigenvalue weighted by Crippen LogP contribution is 2.25. The third kappa shape index (κ3) is 4.57. The first kappa shape index (κ1) is 20.0. The van der Waals surface area contributed by atoms with E-state index in [1.807, 2.05) is 62.4 Å². The van der Waals surface area contributed by atoms with E-state index in [4.69, 9.17) is 0 Å². The molecule has 0 amide bonds. The van der Waals surface area contributed by atoms with Crippen LogP contribution in [0.1, 0.15) is 24.2 Å². The van der Waals surface area contributed by atoms with Gasteiger partial charge < -0.3 is 0 Å². The molecule has 3 nitrogen and oxygen atoms in total. The van der Waals surface area contributed by atoms with E-state index < -0.39 is 15.8 Å². The number of benzene rings is 3. The molecule has 1 unspecified atom stereocenters. The van der Waals surface area contributed by atoms with Gasteiger partial charge in [0, 0.05) is 11.5 Å².